The van der Waals surface area contributed by atoms with E-state index in [0.717, 1.165) is 71.9 Å². The van der Waals surface area contributed by atoms with E-state index in [-0.39, 0.29) is 0 Å². The van der Waals surface area contributed by atoms with E-state index >= 15 is 0 Å². The molecule has 32 heavy (non-hydrogen) atoms. The zero-order valence-corrected chi connectivity index (χ0v) is 19.4. The summed E-state index contributed by atoms with van der Waals surface area (Å²) in [5, 5.41) is 7.48. The van der Waals surface area contributed by atoms with Gasteiger partial charge in [0.2, 0.25) is 11.6 Å². The number of ether oxygens (including phenoxy) is 1. The van der Waals surface area contributed by atoms with Gasteiger partial charge in [-0.05, 0) is 44.7 Å². The van der Waals surface area contributed by atoms with Gasteiger partial charge in [-0.1, -0.05) is 18.6 Å². The predicted octanol–water partition coefficient (Wildman–Crippen LogP) is 0.887. The Hall–Kier alpha value is -1.20. The van der Waals surface area contributed by atoms with Gasteiger partial charge in [-0.25, -0.2) is 5.43 Å². The number of nitrogens with zero attached hydrogens (tertiary/aromatic N) is 6. The van der Waals surface area contributed by atoms with E-state index in [2.05, 4.69) is 65.2 Å². The second-order valence-corrected chi connectivity index (χ2v) is 9.85. The van der Waals surface area contributed by atoms with Crippen LogP contribution in [-0.4, -0.2) is 107 Å². The van der Waals surface area contributed by atoms with Crippen molar-refractivity contribution in [3.05, 3.63) is 24.6 Å². The molecule has 9 heteroatoms. The molecule has 6 aliphatic heterocycles. The van der Waals surface area contributed by atoms with Crippen molar-refractivity contribution in [2.75, 3.05) is 65.5 Å². The summed E-state index contributed by atoms with van der Waals surface area (Å²) in [6.07, 6.45) is 17.6. The second kappa shape index (κ2) is 8.87. The first kappa shape index (κ1) is 21.3. The van der Waals surface area contributed by atoms with Crippen LogP contribution in [0.15, 0.2) is 24.6 Å². The number of likely N-dealkylation sites (tertiary alicyclic amines) is 2. The van der Waals surface area contributed by atoms with E-state index < -0.39 is 11.6 Å². The van der Waals surface area contributed by atoms with Crippen molar-refractivity contribution in [2.45, 2.75) is 56.6 Å². The highest BCUT2D eigenvalue weighted by atomic mass is 16.6. The normalized spacial score (nSPS) is 38.3. The third-order valence-electron chi connectivity index (χ3n) is 8.09. The number of rotatable bonds is 5. The van der Waals surface area contributed by atoms with Gasteiger partial charge >= 0.3 is 0 Å². The molecule has 178 valence electrons. The number of hydrogen-bond acceptors (Lipinski definition) is 9. The Morgan fingerprint density at radius 3 is 2.19 bits per heavy atom. The van der Waals surface area contributed by atoms with E-state index in [1.165, 1.54) is 38.5 Å². The van der Waals surface area contributed by atoms with E-state index in [4.69, 9.17) is 4.74 Å². The number of piperidine rings is 1. The fourth-order valence-corrected chi connectivity index (χ4v) is 6.86. The van der Waals surface area contributed by atoms with Crippen LogP contribution in [0, 0.1) is 0 Å². The van der Waals surface area contributed by atoms with Crippen LogP contribution < -0.4 is 10.9 Å². The lowest BCUT2D eigenvalue weighted by molar-refractivity contribution is -0.435. The van der Waals surface area contributed by atoms with E-state index in [9.17, 15) is 0 Å². The van der Waals surface area contributed by atoms with E-state index in [1.54, 1.807) is 0 Å². The van der Waals surface area contributed by atoms with E-state index in [0.29, 0.717) is 0 Å². The molecule has 0 aliphatic carbocycles. The van der Waals surface area contributed by atoms with E-state index in [1.807, 2.05) is 0 Å². The molecule has 0 aromatic heterocycles. The molecular formula is C23H40N8O. The summed E-state index contributed by atoms with van der Waals surface area (Å²) < 4.78 is 7.19. The molecule has 9 nitrogen and oxygen atoms in total. The lowest BCUT2D eigenvalue weighted by Gasteiger charge is -2.69. The fourth-order valence-electron chi connectivity index (χ4n) is 6.86. The van der Waals surface area contributed by atoms with Crippen LogP contribution in [0.3, 0.4) is 0 Å². The number of morpholine rings is 1. The third-order valence-corrected chi connectivity index (χ3v) is 8.09. The summed E-state index contributed by atoms with van der Waals surface area (Å²) >= 11 is 0. The Kier molecular flexibility index (Phi) is 5.91. The summed E-state index contributed by atoms with van der Waals surface area (Å²) in [6, 6.07) is 0. The molecular weight excluding hydrogens is 404 g/mol. The van der Waals surface area contributed by atoms with Gasteiger partial charge in [0.1, 0.15) is 0 Å². The van der Waals surface area contributed by atoms with Gasteiger partial charge in [-0.2, -0.15) is 15.1 Å². The average molecular weight is 445 g/mol. The zero-order valence-electron chi connectivity index (χ0n) is 19.4. The van der Waals surface area contributed by atoms with Crippen LogP contribution in [0.2, 0.25) is 0 Å². The molecule has 2 unspecified atom stereocenters. The number of nitrogens with one attached hydrogen (secondary N) is 2. The third kappa shape index (κ3) is 3.10. The highest BCUT2D eigenvalue weighted by Gasteiger charge is 2.71. The first-order valence-electron chi connectivity index (χ1n) is 12.9. The molecule has 4 fully saturated rings. The first-order chi connectivity index (χ1) is 15.9. The topological polar surface area (TPSA) is 52.7 Å². The molecule has 0 bridgehead atoms. The maximum Gasteiger partial charge on any atom is 0.241 e. The summed E-state index contributed by atoms with van der Waals surface area (Å²) in [7, 11) is 0. The minimum absolute atomic E-state index is 0.513. The number of hydrazine groups is 3. The largest absolute Gasteiger partial charge is 0.341 e. The summed E-state index contributed by atoms with van der Waals surface area (Å²) in [5.41, 5.74) is 7.36. The van der Waals surface area contributed by atoms with Crippen molar-refractivity contribution in [3.63, 3.8) is 0 Å². The van der Waals surface area contributed by atoms with Crippen molar-refractivity contribution >= 4 is 0 Å². The lowest BCUT2D eigenvalue weighted by atomic mass is 9.99. The van der Waals surface area contributed by atoms with Crippen molar-refractivity contribution in [1.29, 1.82) is 0 Å². The lowest BCUT2D eigenvalue weighted by Crippen LogP contribution is -2.92. The molecule has 2 N–H and O–H groups in total. The molecule has 0 saturated carbocycles. The van der Waals surface area contributed by atoms with Crippen LogP contribution in [0.1, 0.15) is 44.9 Å². The van der Waals surface area contributed by atoms with Gasteiger partial charge in [0, 0.05) is 65.1 Å². The van der Waals surface area contributed by atoms with Gasteiger partial charge in [0.05, 0.1) is 6.61 Å². The van der Waals surface area contributed by atoms with Gasteiger partial charge < -0.3 is 15.1 Å². The minimum Gasteiger partial charge on any atom is -0.341 e. The highest BCUT2D eigenvalue weighted by molar-refractivity contribution is 5.15. The van der Waals surface area contributed by atoms with Crippen molar-refractivity contribution in [1.82, 2.24) is 40.7 Å². The summed E-state index contributed by atoms with van der Waals surface area (Å²) in [4.78, 5) is 7.97. The van der Waals surface area contributed by atoms with Crippen LogP contribution >= 0.6 is 0 Å². The molecule has 6 aliphatic rings. The Labute approximate surface area is 192 Å². The molecule has 0 radical (unpaired) electrons. The van der Waals surface area contributed by atoms with Crippen LogP contribution in [0.5, 0.6) is 0 Å². The highest BCUT2D eigenvalue weighted by Crippen LogP contribution is 2.49. The molecule has 0 spiro atoms. The van der Waals surface area contributed by atoms with Gasteiger partial charge in [0.15, 0.2) is 0 Å². The van der Waals surface area contributed by atoms with Gasteiger partial charge in [-0.15, -0.1) is 0 Å². The van der Waals surface area contributed by atoms with Gasteiger partial charge in [-0.3, -0.25) is 9.80 Å². The molecule has 4 saturated heterocycles. The monoisotopic (exact) mass is 444 g/mol. The van der Waals surface area contributed by atoms with Crippen LogP contribution in [0.25, 0.3) is 0 Å². The Bertz CT molecular complexity index is 707. The average Bonchev–Trinajstić information content (AvgIpc) is 3.67. The maximum atomic E-state index is 7.19. The molecule has 0 amide bonds. The smallest absolute Gasteiger partial charge is 0.241 e. The molecule has 2 atom stereocenters. The Morgan fingerprint density at radius 1 is 0.781 bits per heavy atom. The van der Waals surface area contributed by atoms with Crippen LogP contribution in [0.4, 0.5) is 0 Å². The molecule has 0 aromatic rings. The summed E-state index contributed by atoms with van der Waals surface area (Å²) in [5.74, 6) is -1.05. The minimum atomic E-state index is -0.542. The van der Waals surface area contributed by atoms with Crippen molar-refractivity contribution in [2.24, 2.45) is 0 Å². The van der Waals surface area contributed by atoms with Crippen LogP contribution in [-0.2, 0) is 4.74 Å². The second-order valence-electron chi connectivity index (χ2n) is 9.85. The number of hydrogen-bond donors (Lipinski definition) is 2. The maximum absolute atomic E-state index is 7.19. The molecule has 6 heterocycles. The Balaban J connectivity index is 1.56. The quantitative estimate of drug-likeness (QED) is 0.644. The SMILES string of the molecule is C1=CN(C2(N3CC=CN3)N(N3CCCN3)CCOC2(N2CCCCC2)N2CCCC2)CC1. The molecule has 0 aromatic carbocycles. The fraction of sp³-hybridized carbons (Fsp3) is 0.826. The summed E-state index contributed by atoms with van der Waals surface area (Å²) in [6.45, 7) is 9.95. The predicted molar refractivity (Wildman–Crippen MR) is 123 cm³/mol. The first-order valence-corrected chi connectivity index (χ1v) is 12.9. The van der Waals surface area contributed by atoms with Gasteiger partial charge in [0.25, 0.3) is 0 Å². The standard InChI is InChI=1S/C23H40N8O/c1-2-14-27(15-3-1)23(28-16-6-7-17-28)22(26-12-4-5-13-26,29-18-8-10-24-29)30(20-21-32-23)31-19-9-11-25-31/h4,8,10,12,24-25H,1-3,5-7,9,11,13-21H2. The van der Waals surface area contributed by atoms with Crippen molar-refractivity contribution < 1.29 is 4.74 Å². The van der Waals surface area contributed by atoms with Crippen molar-refractivity contribution in [3.8, 4) is 0 Å². The molecule has 6 rings (SSSR count). The Morgan fingerprint density at radius 2 is 1.56 bits per heavy atom. The zero-order chi connectivity index (χ0) is 21.4.